The molecule has 0 saturated heterocycles. The molecule has 7 aromatic carbocycles. The van der Waals surface area contributed by atoms with Crippen molar-refractivity contribution in [2.24, 2.45) is 0 Å². The summed E-state index contributed by atoms with van der Waals surface area (Å²) in [6, 6.07) is 64.9. The Morgan fingerprint density at radius 1 is 0.304 bits per heavy atom. The second-order valence-electron chi connectivity index (χ2n) is 11.7. The van der Waals surface area contributed by atoms with Crippen molar-refractivity contribution in [2.45, 2.75) is 6.92 Å². The number of anilines is 5. The van der Waals surface area contributed by atoms with Gasteiger partial charge in [0.1, 0.15) is 0 Å². The van der Waals surface area contributed by atoms with E-state index in [-0.39, 0.29) is 0 Å². The summed E-state index contributed by atoms with van der Waals surface area (Å²) in [5.74, 6) is 0. The van der Waals surface area contributed by atoms with Crippen LogP contribution in [0.1, 0.15) is 5.56 Å². The molecule has 0 aromatic heterocycles. The van der Waals surface area contributed by atoms with Crippen LogP contribution >= 0.6 is 0 Å². The lowest BCUT2D eigenvalue weighted by molar-refractivity contribution is 1.20. The number of benzene rings is 7. The molecule has 0 unspecified atom stereocenters. The Kier molecular flexibility index (Phi) is 8.17. The molecule has 0 radical (unpaired) electrons. The molecule has 0 spiro atoms. The van der Waals surface area contributed by atoms with Crippen molar-refractivity contribution in [3.05, 3.63) is 188 Å². The average Bonchev–Trinajstić information content (AvgIpc) is 3.13. The summed E-state index contributed by atoms with van der Waals surface area (Å²) in [6.07, 6.45) is 0. The third-order valence-corrected chi connectivity index (χ3v) is 8.52. The standard InChI is InChI=1S/C44H36N2/c1-33-30-39(35-14-8-4-9-15-35)32-44(31-33)45(2)40-24-18-37(19-25-40)38-22-28-43(29-23-38)46(41-16-10-5-11-17-41)42-26-20-36(21-27-42)34-12-6-3-7-13-34/h3-32H,1-2H3. The lowest BCUT2D eigenvalue weighted by atomic mass is 10.0. The Morgan fingerprint density at radius 2 is 0.674 bits per heavy atom. The summed E-state index contributed by atoms with van der Waals surface area (Å²) in [6.45, 7) is 2.16. The zero-order valence-corrected chi connectivity index (χ0v) is 26.2. The van der Waals surface area contributed by atoms with E-state index in [1.165, 1.54) is 44.6 Å². The first-order chi connectivity index (χ1) is 22.6. The largest absolute Gasteiger partial charge is 0.345 e. The molecule has 7 rings (SSSR count). The van der Waals surface area contributed by atoms with Gasteiger partial charge in [0.25, 0.3) is 0 Å². The second kappa shape index (κ2) is 13.0. The van der Waals surface area contributed by atoms with Crippen LogP contribution in [0.15, 0.2) is 182 Å². The van der Waals surface area contributed by atoms with Crippen molar-refractivity contribution in [1.29, 1.82) is 0 Å². The molecule has 0 aliphatic heterocycles. The summed E-state index contributed by atoms with van der Waals surface area (Å²) in [7, 11) is 2.14. The average molecular weight is 593 g/mol. The topological polar surface area (TPSA) is 6.48 Å². The van der Waals surface area contributed by atoms with Gasteiger partial charge in [0.2, 0.25) is 0 Å². The Hall–Kier alpha value is -5.86. The van der Waals surface area contributed by atoms with E-state index in [4.69, 9.17) is 0 Å². The number of para-hydroxylation sites is 1. The molecule has 0 amide bonds. The van der Waals surface area contributed by atoms with Crippen molar-refractivity contribution in [2.75, 3.05) is 16.8 Å². The van der Waals surface area contributed by atoms with Gasteiger partial charge in [-0.1, -0.05) is 121 Å². The number of aryl methyl sites for hydroxylation is 1. The molecule has 0 saturated carbocycles. The quantitative estimate of drug-likeness (QED) is 0.173. The molecule has 0 aliphatic carbocycles. The molecule has 7 aromatic rings. The highest BCUT2D eigenvalue weighted by molar-refractivity contribution is 5.80. The third-order valence-electron chi connectivity index (χ3n) is 8.52. The molecule has 222 valence electrons. The normalized spacial score (nSPS) is 10.8. The molecule has 0 aliphatic rings. The monoisotopic (exact) mass is 592 g/mol. The molecule has 0 atom stereocenters. The van der Waals surface area contributed by atoms with Gasteiger partial charge in [-0.25, -0.2) is 0 Å². The third kappa shape index (κ3) is 6.20. The fourth-order valence-electron chi connectivity index (χ4n) is 6.04. The Morgan fingerprint density at radius 3 is 1.15 bits per heavy atom. The summed E-state index contributed by atoms with van der Waals surface area (Å²) in [4.78, 5) is 4.56. The minimum Gasteiger partial charge on any atom is -0.345 e. The highest BCUT2D eigenvalue weighted by Gasteiger charge is 2.13. The Labute approximate surface area is 272 Å². The van der Waals surface area contributed by atoms with Crippen LogP contribution in [0.4, 0.5) is 28.4 Å². The van der Waals surface area contributed by atoms with E-state index in [0.717, 1.165) is 22.7 Å². The number of hydrogen-bond acceptors (Lipinski definition) is 2. The van der Waals surface area contributed by atoms with E-state index in [1.807, 2.05) is 0 Å². The number of nitrogens with zero attached hydrogens (tertiary/aromatic N) is 2. The van der Waals surface area contributed by atoms with Crippen LogP contribution in [0.25, 0.3) is 33.4 Å². The Balaban J connectivity index is 1.13. The molecule has 0 bridgehead atoms. The summed E-state index contributed by atoms with van der Waals surface area (Å²) in [5.41, 5.74) is 14.2. The van der Waals surface area contributed by atoms with Gasteiger partial charge in [0.15, 0.2) is 0 Å². The lowest BCUT2D eigenvalue weighted by Crippen LogP contribution is -2.10. The fourth-order valence-corrected chi connectivity index (χ4v) is 6.04. The van der Waals surface area contributed by atoms with Gasteiger partial charge in [0, 0.05) is 35.5 Å². The molecule has 0 heterocycles. The van der Waals surface area contributed by atoms with E-state index < -0.39 is 0 Å². The first kappa shape index (κ1) is 28.9. The molecule has 0 fully saturated rings. The van der Waals surface area contributed by atoms with Crippen LogP contribution in [0.2, 0.25) is 0 Å². The summed E-state index contributed by atoms with van der Waals surface area (Å²) < 4.78 is 0. The SMILES string of the molecule is Cc1cc(-c2ccccc2)cc(N(C)c2ccc(-c3ccc(N(c4ccccc4)c4ccc(-c5ccccc5)cc4)cc3)cc2)c1. The maximum absolute atomic E-state index is 2.31. The number of rotatable bonds is 8. The van der Waals surface area contributed by atoms with E-state index in [0.29, 0.717) is 0 Å². The van der Waals surface area contributed by atoms with Crippen molar-refractivity contribution in [1.82, 2.24) is 0 Å². The van der Waals surface area contributed by atoms with Gasteiger partial charge in [-0.15, -0.1) is 0 Å². The maximum Gasteiger partial charge on any atom is 0.0462 e. The fraction of sp³-hybridized carbons (Fsp3) is 0.0455. The number of hydrogen-bond donors (Lipinski definition) is 0. The van der Waals surface area contributed by atoms with Gasteiger partial charge >= 0.3 is 0 Å². The maximum atomic E-state index is 2.31. The van der Waals surface area contributed by atoms with Crippen LogP contribution < -0.4 is 9.80 Å². The summed E-state index contributed by atoms with van der Waals surface area (Å²) >= 11 is 0. The van der Waals surface area contributed by atoms with Crippen molar-refractivity contribution in [3.63, 3.8) is 0 Å². The molecule has 2 nitrogen and oxygen atoms in total. The zero-order chi connectivity index (χ0) is 31.3. The van der Waals surface area contributed by atoms with Crippen molar-refractivity contribution < 1.29 is 0 Å². The molecular weight excluding hydrogens is 556 g/mol. The zero-order valence-electron chi connectivity index (χ0n) is 26.2. The van der Waals surface area contributed by atoms with E-state index >= 15 is 0 Å². The molecular formula is C44H36N2. The highest BCUT2D eigenvalue weighted by Crippen LogP contribution is 2.37. The predicted molar refractivity (Wildman–Crippen MR) is 197 cm³/mol. The van der Waals surface area contributed by atoms with Crippen molar-refractivity contribution >= 4 is 28.4 Å². The van der Waals surface area contributed by atoms with Gasteiger partial charge in [-0.3, -0.25) is 0 Å². The first-order valence-corrected chi connectivity index (χ1v) is 15.7. The highest BCUT2D eigenvalue weighted by atomic mass is 15.1. The van der Waals surface area contributed by atoms with Gasteiger partial charge in [-0.05, 0) is 107 Å². The smallest absolute Gasteiger partial charge is 0.0462 e. The molecule has 0 N–H and O–H groups in total. The predicted octanol–water partition coefficient (Wildman–Crippen LogP) is 12.2. The Bertz CT molecular complexity index is 2020. The van der Waals surface area contributed by atoms with Crippen LogP contribution in [0.5, 0.6) is 0 Å². The van der Waals surface area contributed by atoms with E-state index in [1.54, 1.807) is 0 Å². The van der Waals surface area contributed by atoms with Crippen LogP contribution in [-0.2, 0) is 0 Å². The first-order valence-electron chi connectivity index (χ1n) is 15.7. The van der Waals surface area contributed by atoms with Crippen LogP contribution in [0, 0.1) is 6.92 Å². The van der Waals surface area contributed by atoms with Crippen molar-refractivity contribution in [3.8, 4) is 33.4 Å². The minimum atomic E-state index is 1.12. The second-order valence-corrected chi connectivity index (χ2v) is 11.7. The van der Waals surface area contributed by atoms with Crippen LogP contribution in [0.3, 0.4) is 0 Å². The van der Waals surface area contributed by atoms with E-state index in [2.05, 4.69) is 206 Å². The summed E-state index contributed by atoms with van der Waals surface area (Å²) in [5, 5.41) is 0. The molecule has 46 heavy (non-hydrogen) atoms. The van der Waals surface area contributed by atoms with Gasteiger partial charge in [0.05, 0.1) is 0 Å². The van der Waals surface area contributed by atoms with E-state index in [9.17, 15) is 0 Å². The lowest BCUT2D eigenvalue weighted by Gasteiger charge is -2.26. The molecule has 2 heteroatoms. The van der Waals surface area contributed by atoms with Gasteiger partial charge < -0.3 is 9.80 Å². The van der Waals surface area contributed by atoms with Gasteiger partial charge in [-0.2, -0.15) is 0 Å². The minimum absolute atomic E-state index is 1.12. The van der Waals surface area contributed by atoms with Crippen LogP contribution in [-0.4, -0.2) is 7.05 Å².